The zero-order chi connectivity index (χ0) is 14.3. The van der Waals surface area contributed by atoms with Crippen LogP contribution >= 0.6 is 0 Å². The second-order valence-electron chi connectivity index (χ2n) is 4.37. The van der Waals surface area contributed by atoms with Crippen molar-refractivity contribution in [1.82, 2.24) is 5.32 Å². The van der Waals surface area contributed by atoms with Gasteiger partial charge in [-0.1, -0.05) is 0 Å². The Kier molecular flexibility index (Phi) is 3.48. The van der Waals surface area contributed by atoms with Gasteiger partial charge in [-0.2, -0.15) is 13.2 Å². The van der Waals surface area contributed by atoms with Crippen molar-refractivity contribution < 1.29 is 21.6 Å². The molecule has 0 radical (unpaired) electrons. The van der Waals surface area contributed by atoms with Gasteiger partial charge >= 0.3 is 6.18 Å². The highest BCUT2D eigenvalue weighted by molar-refractivity contribution is 7.90. The van der Waals surface area contributed by atoms with Crippen molar-refractivity contribution in [2.45, 2.75) is 11.1 Å². The minimum Gasteiger partial charge on any atom is -0.357 e. The van der Waals surface area contributed by atoms with Crippen LogP contribution in [0.4, 0.5) is 18.9 Å². The highest BCUT2D eigenvalue weighted by Crippen LogP contribution is 2.36. The second kappa shape index (κ2) is 4.68. The lowest BCUT2D eigenvalue weighted by Gasteiger charge is -2.20. The number of alkyl halides is 3. The molecule has 106 valence electrons. The third kappa shape index (κ3) is 3.01. The Bertz CT molecular complexity index is 578. The van der Waals surface area contributed by atoms with Gasteiger partial charge in [-0.05, 0) is 18.2 Å². The SMILES string of the molecule is CS(=O)(=O)c1ccc(N2CCNC2)cc1C(F)(F)F. The number of benzene rings is 1. The highest BCUT2D eigenvalue weighted by atomic mass is 32.2. The van der Waals surface area contributed by atoms with Crippen LogP contribution < -0.4 is 10.2 Å². The third-order valence-electron chi connectivity index (χ3n) is 2.89. The van der Waals surface area contributed by atoms with Crippen molar-refractivity contribution in [3.05, 3.63) is 23.8 Å². The van der Waals surface area contributed by atoms with Crippen molar-refractivity contribution in [1.29, 1.82) is 0 Å². The molecule has 0 aliphatic carbocycles. The third-order valence-corrected chi connectivity index (χ3v) is 4.05. The summed E-state index contributed by atoms with van der Waals surface area (Å²) in [6, 6.07) is 3.31. The minimum atomic E-state index is -4.69. The molecule has 2 rings (SSSR count). The Morgan fingerprint density at radius 1 is 1.32 bits per heavy atom. The summed E-state index contributed by atoms with van der Waals surface area (Å²) in [5, 5.41) is 3.00. The van der Waals surface area contributed by atoms with Gasteiger partial charge in [-0.25, -0.2) is 8.42 Å². The van der Waals surface area contributed by atoms with E-state index in [0.29, 0.717) is 25.4 Å². The molecule has 1 aliphatic rings. The van der Waals surface area contributed by atoms with Crippen LogP contribution in [0.15, 0.2) is 23.1 Å². The summed E-state index contributed by atoms with van der Waals surface area (Å²) >= 11 is 0. The van der Waals surface area contributed by atoms with Crippen LogP contribution in [0.5, 0.6) is 0 Å². The quantitative estimate of drug-likeness (QED) is 0.897. The fraction of sp³-hybridized carbons (Fsp3) is 0.455. The molecular formula is C11H13F3N2O2S. The molecule has 1 aromatic carbocycles. The smallest absolute Gasteiger partial charge is 0.357 e. The van der Waals surface area contributed by atoms with Crippen molar-refractivity contribution in [3.63, 3.8) is 0 Å². The Labute approximate surface area is 109 Å². The molecule has 1 saturated heterocycles. The molecule has 19 heavy (non-hydrogen) atoms. The molecule has 0 saturated carbocycles. The van der Waals surface area contributed by atoms with Gasteiger partial charge < -0.3 is 4.90 Å². The van der Waals surface area contributed by atoms with E-state index in [9.17, 15) is 21.6 Å². The molecule has 0 unspecified atom stereocenters. The molecule has 1 fully saturated rings. The first kappa shape index (κ1) is 14.1. The predicted molar refractivity (Wildman–Crippen MR) is 64.8 cm³/mol. The van der Waals surface area contributed by atoms with E-state index in [1.54, 1.807) is 4.90 Å². The highest BCUT2D eigenvalue weighted by Gasteiger charge is 2.36. The lowest BCUT2D eigenvalue weighted by Crippen LogP contribution is -2.22. The van der Waals surface area contributed by atoms with E-state index < -0.39 is 26.5 Å². The average molecular weight is 294 g/mol. The summed E-state index contributed by atoms with van der Waals surface area (Å²) in [5.74, 6) is 0. The number of sulfone groups is 1. The first-order chi connectivity index (χ1) is 8.69. The minimum absolute atomic E-state index is 0.365. The monoisotopic (exact) mass is 294 g/mol. The van der Waals surface area contributed by atoms with Gasteiger partial charge in [0.2, 0.25) is 0 Å². The zero-order valence-electron chi connectivity index (χ0n) is 10.2. The van der Waals surface area contributed by atoms with Crippen LogP contribution in [0.3, 0.4) is 0 Å². The maximum atomic E-state index is 12.9. The van der Waals surface area contributed by atoms with Gasteiger partial charge in [-0.3, -0.25) is 5.32 Å². The Morgan fingerprint density at radius 2 is 2.00 bits per heavy atom. The summed E-state index contributed by atoms with van der Waals surface area (Å²) in [7, 11) is -3.91. The number of halogens is 3. The largest absolute Gasteiger partial charge is 0.417 e. The lowest BCUT2D eigenvalue weighted by molar-refractivity contribution is -0.139. The van der Waals surface area contributed by atoms with Crippen LogP contribution in [0.2, 0.25) is 0 Å². The molecule has 0 amide bonds. The van der Waals surface area contributed by atoms with E-state index in [4.69, 9.17) is 0 Å². The number of nitrogens with zero attached hydrogens (tertiary/aromatic N) is 1. The molecule has 0 bridgehead atoms. The Balaban J connectivity index is 2.54. The van der Waals surface area contributed by atoms with Gasteiger partial charge in [0.25, 0.3) is 0 Å². The molecule has 4 nitrogen and oxygen atoms in total. The fourth-order valence-electron chi connectivity index (χ4n) is 1.99. The molecule has 1 aliphatic heterocycles. The van der Waals surface area contributed by atoms with E-state index in [-0.39, 0.29) is 0 Å². The zero-order valence-corrected chi connectivity index (χ0v) is 11.0. The Morgan fingerprint density at radius 3 is 2.47 bits per heavy atom. The van der Waals surface area contributed by atoms with Crippen LogP contribution in [-0.4, -0.2) is 34.4 Å². The molecule has 8 heteroatoms. The van der Waals surface area contributed by atoms with E-state index in [1.807, 2.05) is 0 Å². The predicted octanol–water partition coefficient (Wildman–Crippen LogP) is 1.48. The summed E-state index contributed by atoms with van der Waals surface area (Å²) < 4.78 is 61.7. The maximum absolute atomic E-state index is 12.9. The molecular weight excluding hydrogens is 281 g/mol. The fourth-order valence-corrected chi connectivity index (χ4v) is 2.88. The van der Waals surface area contributed by atoms with Crippen LogP contribution in [0, 0.1) is 0 Å². The number of anilines is 1. The van der Waals surface area contributed by atoms with E-state index in [0.717, 1.165) is 18.4 Å². The first-order valence-electron chi connectivity index (χ1n) is 5.56. The van der Waals surface area contributed by atoms with Crippen LogP contribution in [0.1, 0.15) is 5.56 Å². The van der Waals surface area contributed by atoms with Gasteiger partial charge in [0, 0.05) is 25.0 Å². The summed E-state index contributed by atoms with van der Waals surface area (Å²) in [4.78, 5) is 1.04. The van der Waals surface area contributed by atoms with E-state index in [2.05, 4.69) is 5.32 Å². The van der Waals surface area contributed by atoms with Crippen molar-refractivity contribution in [2.75, 3.05) is 30.9 Å². The van der Waals surface area contributed by atoms with Gasteiger partial charge in [0.05, 0.1) is 17.1 Å². The number of hydrogen-bond donors (Lipinski definition) is 1. The van der Waals surface area contributed by atoms with E-state index in [1.165, 1.54) is 6.07 Å². The second-order valence-corrected chi connectivity index (χ2v) is 6.36. The summed E-state index contributed by atoms with van der Waals surface area (Å²) in [6.07, 6.45) is -3.92. The molecule has 1 N–H and O–H groups in total. The normalized spacial score (nSPS) is 16.9. The number of nitrogens with one attached hydrogen (secondary N) is 1. The van der Waals surface area contributed by atoms with Gasteiger partial charge in [0.15, 0.2) is 9.84 Å². The standard InChI is InChI=1S/C11H13F3N2O2S/c1-19(17,18)10-3-2-8(16-5-4-15-7-16)6-9(10)11(12,13)14/h2-3,6,15H,4-5,7H2,1H3. The molecule has 1 heterocycles. The topological polar surface area (TPSA) is 49.4 Å². The Hall–Kier alpha value is -1.28. The van der Waals surface area contributed by atoms with Crippen molar-refractivity contribution >= 4 is 15.5 Å². The number of rotatable bonds is 2. The molecule has 0 aromatic heterocycles. The molecule has 0 atom stereocenters. The van der Waals surface area contributed by atoms with E-state index >= 15 is 0 Å². The number of hydrogen-bond acceptors (Lipinski definition) is 4. The molecule has 0 spiro atoms. The van der Waals surface area contributed by atoms with Gasteiger partial charge in [-0.15, -0.1) is 0 Å². The van der Waals surface area contributed by atoms with Crippen molar-refractivity contribution in [2.24, 2.45) is 0 Å². The maximum Gasteiger partial charge on any atom is 0.417 e. The van der Waals surface area contributed by atoms with Gasteiger partial charge in [0.1, 0.15) is 0 Å². The molecule has 1 aromatic rings. The van der Waals surface area contributed by atoms with Crippen molar-refractivity contribution in [3.8, 4) is 0 Å². The summed E-state index contributed by atoms with van der Waals surface area (Å²) in [6.45, 7) is 1.74. The summed E-state index contributed by atoms with van der Waals surface area (Å²) in [5.41, 5.74) is -0.746. The van der Waals surface area contributed by atoms with Crippen LogP contribution in [-0.2, 0) is 16.0 Å². The first-order valence-corrected chi connectivity index (χ1v) is 7.46. The van der Waals surface area contributed by atoms with Crippen LogP contribution in [0.25, 0.3) is 0 Å². The average Bonchev–Trinajstić information content (AvgIpc) is 2.79. The lowest BCUT2D eigenvalue weighted by atomic mass is 10.2.